The van der Waals surface area contributed by atoms with Gasteiger partial charge in [-0.1, -0.05) is 141 Å². The van der Waals surface area contributed by atoms with Gasteiger partial charge in [0.1, 0.15) is 17.7 Å². The van der Waals surface area contributed by atoms with Crippen molar-refractivity contribution in [2.45, 2.75) is 181 Å². The van der Waals surface area contributed by atoms with Crippen molar-refractivity contribution in [1.29, 1.82) is 0 Å². The highest BCUT2D eigenvalue weighted by Gasteiger charge is 2.35. The summed E-state index contributed by atoms with van der Waals surface area (Å²) >= 11 is 0. The summed E-state index contributed by atoms with van der Waals surface area (Å²) in [5, 5.41) is 0. The summed E-state index contributed by atoms with van der Waals surface area (Å²) in [6.07, 6.45) is 21.3. The largest absolute Gasteiger partial charge is 0.756 e. The fourth-order valence-corrected chi connectivity index (χ4v) is 9.80. The number of benzene rings is 2. The van der Waals surface area contributed by atoms with E-state index in [1.807, 2.05) is 0 Å². The van der Waals surface area contributed by atoms with Gasteiger partial charge < -0.3 is 23.6 Å². The normalized spacial score (nSPS) is 16.0. The molecule has 2 aromatic carbocycles. The van der Waals surface area contributed by atoms with Crippen LogP contribution in [0.4, 0.5) is 0 Å². The van der Waals surface area contributed by atoms with Crippen molar-refractivity contribution in [1.82, 2.24) is 9.55 Å². The number of nitrogens with one attached hydrogen (secondary N) is 1. The molecule has 2 heterocycles. The molecule has 1 aliphatic heterocycles. The molecule has 3 aromatic rings. The van der Waals surface area contributed by atoms with Gasteiger partial charge in [-0.05, 0) is 61.1 Å². The second-order valence-corrected chi connectivity index (χ2v) is 19.7. The van der Waals surface area contributed by atoms with E-state index in [9.17, 15) is 33.2 Å². The molecule has 18 heteroatoms. The molecule has 0 spiro atoms. The van der Waals surface area contributed by atoms with Gasteiger partial charge >= 0.3 is 25.5 Å². The fraction of sp³-hybridized carbons (Fsp3) is 0.617. The zero-order valence-electron chi connectivity index (χ0n) is 38.2. The lowest BCUT2D eigenvalue weighted by Gasteiger charge is -2.28. The van der Waals surface area contributed by atoms with Crippen LogP contribution in [0.2, 0.25) is 0 Å². The molecule has 362 valence electrons. The third kappa shape index (κ3) is 22.1. The molecule has 16 nitrogen and oxygen atoms in total. The van der Waals surface area contributed by atoms with Gasteiger partial charge in [0, 0.05) is 25.1 Å². The van der Waals surface area contributed by atoms with Gasteiger partial charge in [0.25, 0.3) is 13.4 Å². The smallest absolute Gasteiger partial charge is 0.481 e. The number of nitrogens with zero attached hydrogens (tertiary/aromatic N) is 1. The standard InChI is InChI=1S/C47H70N2O14P2/c1-3-5-7-9-11-13-15-17-19-21-45(51)61-40-27-23-38(24-28-40)35-58-65(56,63-64(54,55)57-37-42-31-32-44(60-42)49-34-33-43(50)48-47(49)53)59-36-39-25-29-41(30-26-39)62-46(52)22-20-18-16-14-12-10-8-6-4-2/h23-30,33-34,42,44H,3-22,31-32,35-37H2,1-2H3,(H,54,55)(H,48,50,53)/p-1/t42-,44+/m0/s1. The molecule has 0 bridgehead atoms. The number of phosphoric acid groups is 2. The topological polar surface area (TPSA) is 211 Å². The maximum Gasteiger partial charge on any atom is 0.481 e. The first kappa shape index (κ1) is 53.9. The average molecular weight is 948 g/mol. The van der Waals surface area contributed by atoms with Gasteiger partial charge in [-0.3, -0.25) is 37.5 Å². The van der Waals surface area contributed by atoms with Gasteiger partial charge in [-0.15, -0.1) is 0 Å². The van der Waals surface area contributed by atoms with Gasteiger partial charge in [-0.25, -0.2) is 13.7 Å². The maximum absolute atomic E-state index is 14.0. The van der Waals surface area contributed by atoms with Crippen molar-refractivity contribution in [2.24, 2.45) is 0 Å². The Bertz CT molecular complexity index is 1970. The first-order valence-electron chi connectivity index (χ1n) is 23.5. The molecule has 0 radical (unpaired) electrons. The minimum absolute atomic E-state index is 0.297. The summed E-state index contributed by atoms with van der Waals surface area (Å²) in [6.45, 7) is 3.03. The quantitative estimate of drug-likeness (QED) is 0.0255. The van der Waals surface area contributed by atoms with E-state index in [-0.39, 0.29) is 11.9 Å². The van der Waals surface area contributed by atoms with Crippen LogP contribution >= 0.6 is 15.6 Å². The van der Waals surface area contributed by atoms with Crippen LogP contribution in [0.1, 0.15) is 172 Å². The average Bonchev–Trinajstić information content (AvgIpc) is 3.75. The Balaban J connectivity index is 1.29. The number of carbonyl (C=O) groups excluding carboxylic acids is 2. The molecule has 0 aliphatic carbocycles. The summed E-state index contributed by atoms with van der Waals surface area (Å²) in [5.74, 6) is -0.0818. The molecule has 4 rings (SSSR count). The highest BCUT2D eigenvalue weighted by atomic mass is 31.3. The number of aromatic nitrogens is 2. The lowest BCUT2D eigenvalue weighted by Crippen LogP contribution is -2.31. The Morgan fingerprint density at radius 2 is 1.09 bits per heavy atom. The minimum Gasteiger partial charge on any atom is -0.756 e. The van der Waals surface area contributed by atoms with Crippen molar-refractivity contribution in [3.05, 3.63) is 92.8 Å². The van der Waals surface area contributed by atoms with Gasteiger partial charge in [0.15, 0.2) is 0 Å². The van der Waals surface area contributed by atoms with Crippen LogP contribution in [0.15, 0.2) is 70.4 Å². The SMILES string of the molecule is CCCCCCCCCCCC(=O)Oc1ccc(COP(=O)(OCc2ccc(OC(=O)CCCCCCCCCCC)cc2)OP(=O)([O-])OC[C@@H]2CC[C@H](n3ccc(=O)[nH]c3=O)O2)cc1. The van der Waals surface area contributed by atoms with Crippen LogP contribution < -0.4 is 25.6 Å². The number of hydrogen-bond donors (Lipinski definition) is 1. The van der Waals surface area contributed by atoms with E-state index >= 15 is 0 Å². The lowest BCUT2D eigenvalue weighted by molar-refractivity contribution is -0.221. The van der Waals surface area contributed by atoms with E-state index in [1.54, 1.807) is 48.5 Å². The first-order chi connectivity index (χ1) is 31.4. The number of rotatable bonds is 34. The Labute approximate surface area is 383 Å². The number of aromatic amines is 1. The van der Waals surface area contributed by atoms with Crippen LogP contribution in [0.3, 0.4) is 0 Å². The van der Waals surface area contributed by atoms with Gasteiger partial charge in [0.05, 0.1) is 25.9 Å². The number of phosphoric ester groups is 2. The van der Waals surface area contributed by atoms with E-state index in [0.29, 0.717) is 48.3 Å². The number of hydrogen-bond acceptors (Lipinski definition) is 14. The van der Waals surface area contributed by atoms with Crippen molar-refractivity contribution < 1.29 is 55.7 Å². The molecular formula is C47H69N2O14P2-. The molecule has 1 aliphatic rings. The molecule has 3 atom stereocenters. The van der Waals surface area contributed by atoms with E-state index in [2.05, 4.69) is 18.8 Å². The van der Waals surface area contributed by atoms with Crippen LogP contribution in [0, 0.1) is 0 Å². The van der Waals surface area contributed by atoms with Crippen LogP contribution in [-0.2, 0) is 54.6 Å². The summed E-state index contributed by atoms with van der Waals surface area (Å²) < 4.78 is 66.1. The van der Waals surface area contributed by atoms with Crippen LogP contribution in [-0.4, -0.2) is 34.2 Å². The molecule has 0 amide bonds. The van der Waals surface area contributed by atoms with Gasteiger partial charge in [-0.2, -0.15) is 0 Å². The minimum atomic E-state index is -5.38. The van der Waals surface area contributed by atoms with Crippen molar-refractivity contribution in [3.8, 4) is 11.5 Å². The number of ether oxygens (including phenoxy) is 3. The highest BCUT2D eigenvalue weighted by molar-refractivity contribution is 7.61. The molecular weight excluding hydrogens is 878 g/mol. The highest BCUT2D eigenvalue weighted by Crippen LogP contribution is 2.62. The number of carbonyl (C=O) groups is 2. The molecule has 1 fully saturated rings. The second-order valence-electron chi connectivity index (χ2n) is 16.5. The summed E-state index contributed by atoms with van der Waals surface area (Å²) in [5.41, 5.74) is -0.377. The fourth-order valence-electron chi connectivity index (χ4n) is 7.21. The maximum atomic E-state index is 14.0. The van der Waals surface area contributed by atoms with E-state index in [0.717, 1.165) is 57.4 Å². The molecule has 1 N–H and O–H groups in total. The predicted molar refractivity (Wildman–Crippen MR) is 244 cm³/mol. The first-order valence-corrected chi connectivity index (χ1v) is 26.4. The Morgan fingerprint density at radius 1 is 0.646 bits per heavy atom. The molecule has 65 heavy (non-hydrogen) atoms. The summed E-state index contributed by atoms with van der Waals surface area (Å²) in [6, 6.07) is 13.6. The van der Waals surface area contributed by atoms with E-state index in [1.165, 1.54) is 75.0 Å². The van der Waals surface area contributed by atoms with Crippen molar-refractivity contribution in [2.75, 3.05) is 6.61 Å². The molecule has 0 saturated carbocycles. The second kappa shape index (κ2) is 29.8. The summed E-state index contributed by atoms with van der Waals surface area (Å²) in [7, 11) is -10.3. The Morgan fingerprint density at radius 3 is 1.54 bits per heavy atom. The zero-order valence-corrected chi connectivity index (χ0v) is 40.0. The number of esters is 2. The number of unbranched alkanes of at least 4 members (excludes halogenated alkanes) is 16. The Hall–Kier alpha value is -3.72. The monoisotopic (exact) mass is 947 g/mol. The molecule has 1 saturated heterocycles. The third-order valence-corrected chi connectivity index (χ3v) is 13.9. The zero-order chi connectivity index (χ0) is 46.8. The summed E-state index contributed by atoms with van der Waals surface area (Å²) in [4.78, 5) is 63.8. The van der Waals surface area contributed by atoms with Crippen LogP contribution in [0.25, 0.3) is 0 Å². The van der Waals surface area contributed by atoms with Crippen molar-refractivity contribution in [3.63, 3.8) is 0 Å². The molecule has 1 unspecified atom stereocenters. The van der Waals surface area contributed by atoms with E-state index < -0.39 is 59.0 Å². The van der Waals surface area contributed by atoms with Crippen molar-refractivity contribution >= 4 is 27.6 Å². The van der Waals surface area contributed by atoms with E-state index in [4.69, 9.17) is 32.1 Å². The van der Waals surface area contributed by atoms with Crippen LogP contribution in [0.5, 0.6) is 11.5 Å². The number of H-pyrrole nitrogens is 1. The lowest BCUT2D eigenvalue weighted by atomic mass is 10.1. The van der Waals surface area contributed by atoms with Gasteiger partial charge in [0.2, 0.25) is 0 Å². The Kier molecular flexibility index (Phi) is 24.7. The predicted octanol–water partition coefficient (Wildman–Crippen LogP) is 10.9. The third-order valence-electron chi connectivity index (χ3n) is 10.9. The molecule has 1 aromatic heterocycles.